The molecule has 1 rings (SSSR count). The molecule has 124 valence electrons. The van der Waals surface area contributed by atoms with Crippen LogP contribution < -0.4 is 15.8 Å². The number of methoxy groups -OCH3 is 2. The molecule has 1 aromatic rings. The van der Waals surface area contributed by atoms with Crippen molar-refractivity contribution in [2.75, 3.05) is 20.8 Å². The first kappa shape index (κ1) is 18.2. The van der Waals surface area contributed by atoms with Crippen LogP contribution in [0.5, 0.6) is 5.75 Å². The molecule has 1 unspecified atom stereocenters. The maximum atomic E-state index is 13.0. The molecular weight excluding hydrogens is 301 g/mol. The maximum Gasteiger partial charge on any atom is 0.416 e. The Morgan fingerprint density at radius 2 is 2.05 bits per heavy atom. The summed E-state index contributed by atoms with van der Waals surface area (Å²) in [6.07, 6.45) is -5.00. The number of alkyl halides is 3. The summed E-state index contributed by atoms with van der Waals surface area (Å²) < 4.78 is 48.8. The molecule has 1 amide bonds. The molecule has 0 aliphatic carbocycles. The molecule has 0 spiro atoms. The molecule has 0 saturated heterocycles. The largest absolute Gasteiger partial charge is 0.497 e. The highest BCUT2D eigenvalue weighted by Crippen LogP contribution is 2.34. The van der Waals surface area contributed by atoms with E-state index in [1.807, 2.05) is 0 Å². The van der Waals surface area contributed by atoms with Crippen molar-refractivity contribution in [3.63, 3.8) is 0 Å². The standard InChI is InChI=1S/C14H19F3N2O3/c1-21-10-4-3-9(12(5-10)14(15,16)17)8-19-13(20)6-11(7-18)22-2/h3-5,11H,6-8,18H2,1-2H3,(H,19,20). The van der Waals surface area contributed by atoms with Crippen LogP contribution in [0.2, 0.25) is 0 Å². The molecule has 8 heteroatoms. The number of nitrogens with one attached hydrogen (secondary N) is 1. The lowest BCUT2D eigenvalue weighted by atomic mass is 10.1. The lowest BCUT2D eigenvalue weighted by Gasteiger charge is -2.16. The van der Waals surface area contributed by atoms with Crippen molar-refractivity contribution in [2.24, 2.45) is 5.73 Å². The number of ether oxygens (including phenoxy) is 2. The summed E-state index contributed by atoms with van der Waals surface area (Å²) >= 11 is 0. The molecule has 0 heterocycles. The Morgan fingerprint density at radius 3 is 2.55 bits per heavy atom. The summed E-state index contributed by atoms with van der Waals surface area (Å²) in [5.41, 5.74) is 4.51. The molecule has 5 nitrogen and oxygen atoms in total. The van der Waals surface area contributed by atoms with Gasteiger partial charge in [0.15, 0.2) is 0 Å². The molecule has 0 aliphatic heterocycles. The van der Waals surface area contributed by atoms with Crippen molar-refractivity contribution >= 4 is 5.91 Å². The second kappa shape index (κ2) is 8.00. The number of rotatable bonds is 7. The minimum atomic E-state index is -4.53. The zero-order chi connectivity index (χ0) is 16.8. The van der Waals surface area contributed by atoms with Crippen LogP contribution in [-0.2, 0) is 22.3 Å². The average molecular weight is 320 g/mol. The van der Waals surface area contributed by atoms with E-state index in [-0.39, 0.29) is 30.8 Å². The fourth-order valence-corrected chi connectivity index (χ4v) is 1.84. The van der Waals surface area contributed by atoms with Crippen molar-refractivity contribution in [1.29, 1.82) is 0 Å². The zero-order valence-corrected chi connectivity index (χ0v) is 12.4. The highest BCUT2D eigenvalue weighted by atomic mass is 19.4. The summed E-state index contributed by atoms with van der Waals surface area (Å²) in [6, 6.07) is 3.59. The monoisotopic (exact) mass is 320 g/mol. The van der Waals surface area contributed by atoms with Crippen LogP contribution in [0.15, 0.2) is 18.2 Å². The molecule has 0 aliphatic rings. The normalized spacial score (nSPS) is 12.8. The van der Waals surface area contributed by atoms with Gasteiger partial charge in [-0.05, 0) is 17.7 Å². The first-order valence-electron chi connectivity index (χ1n) is 6.55. The van der Waals surface area contributed by atoms with Gasteiger partial charge in [-0.2, -0.15) is 13.2 Å². The summed E-state index contributed by atoms with van der Waals surface area (Å²) in [4.78, 5) is 11.7. The molecule has 1 atom stereocenters. The van der Waals surface area contributed by atoms with Crippen molar-refractivity contribution in [2.45, 2.75) is 25.2 Å². The van der Waals surface area contributed by atoms with Gasteiger partial charge in [0.05, 0.1) is 25.2 Å². The highest BCUT2D eigenvalue weighted by Gasteiger charge is 2.33. The SMILES string of the molecule is COc1ccc(CNC(=O)CC(CN)OC)c(C(F)(F)F)c1. The molecule has 0 fully saturated rings. The fourth-order valence-electron chi connectivity index (χ4n) is 1.84. The third-order valence-corrected chi connectivity index (χ3v) is 3.11. The Balaban J connectivity index is 2.79. The van der Waals surface area contributed by atoms with E-state index in [2.05, 4.69) is 5.32 Å². The van der Waals surface area contributed by atoms with Gasteiger partial charge in [0.1, 0.15) is 5.75 Å². The van der Waals surface area contributed by atoms with E-state index in [4.69, 9.17) is 15.2 Å². The Kier molecular flexibility index (Phi) is 6.63. The zero-order valence-electron chi connectivity index (χ0n) is 12.4. The molecule has 0 saturated carbocycles. The van der Waals surface area contributed by atoms with E-state index >= 15 is 0 Å². The predicted octanol–water partition coefficient (Wildman–Crippen LogP) is 1.69. The number of benzene rings is 1. The smallest absolute Gasteiger partial charge is 0.416 e. The molecule has 0 radical (unpaired) electrons. The topological polar surface area (TPSA) is 73.6 Å². The van der Waals surface area contributed by atoms with Gasteiger partial charge in [0.25, 0.3) is 0 Å². The Bertz CT molecular complexity index is 503. The summed E-state index contributed by atoms with van der Waals surface area (Å²) in [5, 5.41) is 2.43. The third kappa shape index (κ3) is 5.19. The Hall–Kier alpha value is -1.80. The number of carbonyl (C=O) groups is 1. The van der Waals surface area contributed by atoms with Crippen LogP contribution in [0.1, 0.15) is 17.5 Å². The van der Waals surface area contributed by atoms with Crippen molar-refractivity contribution in [1.82, 2.24) is 5.32 Å². The van der Waals surface area contributed by atoms with E-state index in [1.165, 1.54) is 26.4 Å². The van der Waals surface area contributed by atoms with Gasteiger partial charge in [-0.3, -0.25) is 4.79 Å². The minimum Gasteiger partial charge on any atom is -0.497 e. The summed E-state index contributed by atoms with van der Waals surface area (Å²) in [5.74, 6) is -0.328. The quantitative estimate of drug-likeness (QED) is 0.802. The first-order chi connectivity index (χ1) is 10.3. The summed E-state index contributed by atoms with van der Waals surface area (Å²) in [6.45, 7) is -0.0844. The van der Waals surface area contributed by atoms with Gasteiger partial charge in [0.2, 0.25) is 5.91 Å². The van der Waals surface area contributed by atoms with Gasteiger partial charge < -0.3 is 20.5 Å². The van der Waals surface area contributed by atoms with Crippen molar-refractivity contribution in [3.8, 4) is 5.75 Å². The number of nitrogens with two attached hydrogens (primary N) is 1. The van der Waals surface area contributed by atoms with Crippen molar-refractivity contribution in [3.05, 3.63) is 29.3 Å². The van der Waals surface area contributed by atoms with Crippen LogP contribution in [0.4, 0.5) is 13.2 Å². The number of hydrogen-bond acceptors (Lipinski definition) is 4. The van der Waals surface area contributed by atoms with E-state index in [0.717, 1.165) is 6.07 Å². The van der Waals surface area contributed by atoms with Crippen LogP contribution in [0.25, 0.3) is 0 Å². The van der Waals surface area contributed by atoms with E-state index in [0.29, 0.717) is 0 Å². The minimum absolute atomic E-state index is 0.00942. The number of hydrogen-bond donors (Lipinski definition) is 2. The third-order valence-electron chi connectivity index (χ3n) is 3.11. The van der Waals surface area contributed by atoms with E-state index in [9.17, 15) is 18.0 Å². The lowest BCUT2D eigenvalue weighted by molar-refractivity contribution is -0.138. The highest BCUT2D eigenvalue weighted by molar-refractivity contribution is 5.76. The fraction of sp³-hybridized carbons (Fsp3) is 0.500. The molecule has 0 bridgehead atoms. The lowest BCUT2D eigenvalue weighted by Crippen LogP contribution is -2.32. The number of carbonyl (C=O) groups excluding carboxylic acids is 1. The molecular formula is C14H19F3N2O3. The Morgan fingerprint density at radius 1 is 1.36 bits per heavy atom. The van der Waals surface area contributed by atoms with Crippen LogP contribution in [0.3, 0.4) is 0 Å². The second-order valence-electron chi connectivity index (χ2n) is 4.60. The number of halogens is 3. The molecule has 0 aromatic heterocycles. The van der Waals surface area contributed by atoms with Crippen LogP contribution in [-0.4, -0.2) is 32.8 Å². The van der Waals surface area contributed by atoms with Crippen LogP contribution >= 0.6 is 0 Å². The van der Waals surface area contributed by atoms with Crippen molar-refractivity contribution < 1.29 is 27.4 Å². The van der Waals surface area contributed by atoms with Gasteiger partial charge in [-0.1, -0.05) is 6.07 Å². The van der Waals surface area contributed by atoms with Gasteiger partial charge in [-0.15, -0.1) is 0 Å². The van der Waals surface area contributed by atoms with E-state index < -0.39 is 23.8 Å². The molecule has 3 N–H and O–H groups in total. The van der Waals surface area contributed by atoms with E-state index in [1.54, 1.807) is 0 Å². The van der Waals surface area contributed by atoms with Gasteiger partial charge in [-0.25, -0.2) is 0 Å². The summed E-state index contributed by atoms with van der Waals surface area (Å²) in [7, 11) is 2.70. The average Bonchev–Trinajstić information content (AvgIpc) is 2.49. The Labute approximate surface area is 126 Å². The van der Waals surface area contributed by atoms with Gasteiger partial charge >= 0.3 is 6.18 Å². The van der Waals surface area contributed by atoms with Gasteiger partial charge in [0, 0.05) is 20.2 Å². The number of amides is 1. The first-order valence-corrected chi connectivity index (χ1v) is 6.55. The predicted molar refractivity (Wildman–Crippen MR) is 74.3 cm³/mol. The molecule has 22 heavy (non-hydrogen) atoms. The maximum absolute atomic E-state index is 13.0. The second-order valence-corrected chi connectivity index (χ2v) is 4.60. The molecule has 1 aromatic carbocycles. The van der Waals surface area contributed by atoms with Crippen LogP contribution in [0, 0.1) is 0 Å².